The molecule has 0 amide bonds. The molecule has 5 heteroatoms. The molecule has 0 aliphatic heterocycles. The maximum Gasteiger partial charge on any atom is 0.335 e. The van der Waals surface area contributed by atoms with Crippen molar-refractivity contribution in [1.82, 2.24) is 5.32 Å². The van der Waals surface area contributed by atoms with E-state index in [1.54, 1.807) is 19.2 Å². The Kier molecular flexibility index (Phi) is 6.35. The highest BCUT2D eigenvalue weighted by atomic mass is 16.5. The lowest BCUT2D eigenvalue weighted by Crippen LogP contribution is -2.18. The van der Waals surface area contributed by atoms with E-state index >= 15 is 0 Å². The quantitative estimate of drug-likeness (QED) is 0.714. The standard InChI is InChI=1S/C22H27NO4/c1-15(23-14-16-7-9-17(10-8-16)22(24)25)18-11-12-20(21(13-18)26-2)27-19-5-3-4-6-19/h7-13,15,19,23H,3-6,14H2,1-2H3,(H,24,25). The monoisotopic (exact) mass is 369 g/mol. The SMILES string of the molecule is COc1cc(C(C)NCc2ccc(C(=O)O)cc2)ccc1OC1CCCC1. The zero-order valence-corrected chi connectivity index (χ0v) is 15.9. The van der Waals surface area contributed by atoms with Crippen LogP contribution in [0.15, 0.2) is 42.5 Å². The molecule has 2 aromatic carbocycles. The number of nitrogens with one attached hydrogen (secondary N) is 1. The first kappa shape index (κ1) is 19.2. The molecule has 1 saturated carbocycles. The highest BCUT2D eigenvalue weighted by Crippen LogP contribution is 2.33. The van der Waals surface area contributed by atoms with Crippen molar-refractivity contribution in [1.29, 1.82) is 0 Å². The van der Waals surface area contributed by atoms with E-state index in [1.807, 2.05) is 24.3 Å². The van der Waals surface area contributed by atoms with Gasteiger partial charge in [-0.05, 0) is 68.0 Å². The third-order valence-corrected chi connectivity index (χ3v) is 5.10. The van der Waals surface area contributed by atoms with Crippen molar-refractivity contribution in [2.24, 2.45) is 0 Å². The normalized spacial score (nSPS) is 15.5. The van der Waals surface area contributed by atoms with E-state index in [9.17, 15) is 4.79 Å². The Labute approximate surface area is 160 Å². The minimum Gasteiger partial charge on any atom is -0.493 e. The molecule has 1 fully saturated rings. The van der Waals surface area contributed by atoms with Crippen molar-refractivity contribution < 1.29 is 19.4 Å². The highest BCUT2D eigenvalue weighted by molar-refractivity contribution is 5.87. The van der Waals surface area contributed by atoms with Gasteiger partial charge < -0.3 is 19.9 Å². The summed E-state index contributed by atoms with van der Waals surface area (Å²) in [6.07, 6.45) is 5.00. The third kappa shape index (κ3) is 5.01. The summed E-state index contributed by atoms with van der Waals surface area (Å²) in [5.74, 6) is 0.665. The Morgan fingerprint density at radius 3 is 2.48 bits per heavy atom. The molecule has 1 aliphatic rings. The Bertz CT molecular complexity index is 766. The van der Waals surface area contributed by atoms with Gasteiger partial charge in [0, 0.05) is 12.6 Å². The van der Waals surface area contributed by atoms with Crippen LogP contribution in [-0.4, -0.2) is 24.3 Å². The molecule has 2 aromatic rings. The zero-order chi connectivity index (χ0) is 19.2. The Morgan fingerprint density at radius 1 is 1.15 bits per heavy atom. The van der Waals surface area contributed by atoms with Crippen molar-refractivity contribution in [2.45, 2.75) is 51.3 Å². The molecule has 0 aromatic heterocycles. The van der Waals surface area contributed by atoms with Gasteiger partial charge in [0.25, 0.3) is 0 Å². The number of carboxylic acid groups (broad SMARTS) is 1. The largest absolute Gasteiger partial charge is 0.493 e. The number of hydrogen-bond acceptors (Lipinski definition) is 4. The van der Waals surface area contributed by atoms with Gasteiger partial charge >= 0.3 is 5.97 Å². The zero-order valence-electron chi connectivity index (χ0n) is 15.9. The van der Waals surface area contributed by atoms with Gasteiger partial charge in [0.1, 0.15) is 0 Å². The molecule has 2 N–H and O–H groups in total. The lowest BCUT2D eigenvalue weighted by Gasteiger charge is -2.19. The van der Waals surface area contributed by atoms with E-state index < -0.39 is 5.97 Å². The molecule has 144 valence electrons. The summed E-state index contributed by atoms with van der Waals surface area (Å²) < 4.78 is 11.6. The molecule has 0 saturated heterocycles. The van der Waals surface area contributed by atoms with E-state index in [-0.39, 0.29) is 6.04 Å². The van der Waals surface area contributed by atoms with Gasteiger partial charge in [-0.3, -0.25) is 0 Å². The lowest BCUT2D eigenvalue weighted by atomic mass is 10.1. The number of aromatic carboxylic acids is 1. The Morgan fingerprint density at radius 2 is 1.85 bits per heavy atom. The van der Waals surface area contributed by atoms with Crippen molar-refractivity contribution >= 4 is 5.97 Å². The van der Waals surface area contributed by atoms with Crippen LogP contribution >= 0.6 is 0 Å². The number of benzene rings is 2. The smallest absolute Gasteiger partial charge is 0.335 e. The molecule has 1 atom stereocenters. The van der Waals surface area contributed by atoms with Gasteiger partial charge in [0.2, 0.25) is 0 Å². The van der Waals surface area contributed by atoms with Crippen LogP contribution in [0.1, 0.15) is 60.1 Å². The predicted octanol–water partition coefficient (Wildman–Crippen LogP) is 4.57. The first-order valence-corrected chi connectivity index (χ1v) is 9.47. The second-order valence-corrected chi connectivity index (χ2v) is 7.04. The first-order chi connectivity index (χ1) is 13.1. The molecule has 0 heterocycles. The number of ether oxygens (including phenoxy) is 2. The summed E-state index contributed by atoms with van der Waals surface area (Å²) >= 11 is 0. The van der Waals surface area contributed by atoms with E-state index in [4.69, 9.17) is 14.6 Å². The van der Waals surface area contributed by atoms with Gasteiger partial charge in [-0.1, -0.05) is 18.2 Å². The number of methoxy groups -OCH3 is 1. The summed E-state index contributed by atoms with van der Waals surface area (Å²) in [6, 6.07) is 13.1. The fraction of sp³-hybridized carbons (Fsp3) is 0.409. The maximum atomic E-state index is 10.9. The van der Waals surface area contributed by atoms with E-state index in [2.05, 4.69) is 18.3 Å². The molecule has 1 aliphatic carbocycles. The Hall–Kier alpha value is -2.53. The summed E-state index contributed by atoms with van der Waals surface area (Å²) in [5, 5.41) is 12.4. The minimum absolute atomic E-state index is 0.124. The predicted molar refractivity (Wildman–Crippen MR) is 105 cm³/mol. The summed E-state index contributed by atoms with van der Waals surface area (Å²) in [7, 11) is 1.67. The molecule has 0 bridgehead atoms. The minimum atomic E-state index is -0.908. The van der Waals surface area contributed by atoms with E-state index in [1.165, 1.54) is 12.8 Å². The van der Waals surface area contributed by atoms with Gasteiger partial charge in [-0.15, -0.1) is 0 Å². The van der Waals surface area contributed by atoms with Gasteiger partial charge in [-0.25, -0.2) is 4.79 Å². The second-order valence-electron chi connectivity index (χ2n) is 7.04. The van der Waals surface area contributed by atoms with E-state index in [0.717, 1.165) is 35.5 Å². The summed E-state index contributed by atoms with van der Waals surface area (Å²) in [6.45, 7) is 2.75. The molecular weight excluding hydrogens is 342 g/mol. The molecule has 0 radical (unpaired) electrons. The van der Waals surface area contributed by atoms with Crippen LogP contribution in [0, 0.1) is 0 Å². The van der Waals surface area contributed by atoms with Crippen molar-refractivity contribution in [3.8, 4) is 11.5 Å². The van der Waals surface area contributed by atoms with Crippen LogP contribution in [0.3, 0.4) is 0 Å². The molecule has 1 unspecified atom stereocenters. The third-order valence-electron chi connectivity index (χ3n) is 5.10. The average molecular weight is 369 g/mol. The maximum absolute atomic E-state index is 10.9. The lowest BCUT2D eigenvalue weighted by molar-refractivity contribution is 0.0697. The van der Waals surface area contributed by atoms with Crippen molar-refractivity contribution in [2.75, 3.05) is 7.11 Å². The second kappa shape index (κ2) is 8.91. The van der Waals surface area contributed by atoms with Gasteiger partial charge in [0.05, 0.1) is 18.8 Å². The summed E-state index contributed by atoms with van der Waals surface area (Å²) in [5.41, 5.74) is 2.46. The fourth-order valence-corrected chi connectivity index (χ4v) is 3.39. The number of carboxylic acids is 1. The van der Waals surface area contributed by atoms with Crippen molar-refractivity contribution in [3.05, 3.63) is 59.2 Å². The van der Waals surface area contributed by atoms with Crippen molar-refractivity contribution in [3.63, 3.8) is 0 Å². The summed E-state index contributed by atoms with van der Waals surface area (Å²) in [4.78, 5) is 10.9. The van der Waals surface area contributed by atoms with Crippen LogP contribution < -0.4 is 14.8 Å². The average Bonchev–Trinajstić information content (AvgIpc) is 3.19. The van der Waals surface area contributed by atoms with Gasteiger partial charge in [0.15, 0.2) is 11.5 Å². The van der Waals surface area contributed by atoms with Crippen LogP contribution in [-0.2, 0) is 6.54 Å². The highest BCUT2D eigenvalue weighted by Gasteiger charge is 2.19. The van der Waals surface area contributed by atoms with Crippen LogP contribution in [0.25, 0.3) is 0 Å². The topological polar surface area (TPSA) is 67.8 Å². The number of hydrogen-bond donors (Lipinski definition) is 2. The van der Waals surface area contributed by atoms with Crippen LogP contribution in [0.4, 0.5) is 0 Å². The molecule has 5 nitrogen and oxygen atoms in total. The molecule has 0 spiro atoms. The van der Waals surface area contributed by atoms with Gasteiger partial charge in [-0.2, -0.15) is 0 Å². The molecule has 3 rings (SSSR count). The van der Waals surface area contributed by atoms with Crippen LogP contribution in [0.5, 0.6) is 11.5 Å². The molecular formula is C22H27NO4. The Balaban J connectivity index is 1.61. The van der Waals surface area contributed by atoms with E-state index in [0.29, 0.717) is 18.2 Å². The molecule has 27 heavy (non-hydrogen) atoms. The fourth-order valence-electron chi connectivity index (χ4n) is 3.39. The number of rotatable bonds is 8. The number of carbonyl (C=O) groups is 1. The van der Waals surface area contributed by atoms with Crippen LogP contribution in [0.2, 0.25) is 0 Å². The first-order valence-electron chi connectivity index (χ1n) is 9.47.